The van der Waals surface area contributed by atoms with Crippen LogP contribution in [0.4, 0.5) is 15.8 Å². The molecule has 0 radical (unpaired) electrons. The number of nitrogens with one attached hydrogen (secondary N) is 2. The van der Waals surface area contributed by atoms with Gasteiger partial charge in [-0.05, 0) is 18.2 Å². The number of thioether (sulfide) groups is 1. The average Bonchev–Trinajstić information content (AvgIpc) is 2.32. The Hall–Kier alpha value is -2.09. The molecule has 0 heterocycles. The summed E-state index contributed by atoms with van der Waals surface area (Å²) in [4.78, 5) is 32.7. The number of carboxylic acids is 1. The van der Waals surface area contributed by atoms with Crippen molar-refractivity contribution in [2.24, 2.45) is 0 Å². The van der Waals surface area contributed by atoms with E-state index in [9.17, 15) is 18.8 Å². The van der Waals surface area contributed by atoms with Crippen molar-refractivity contribution < 1.29 is 23.9 Å². The van der Waals surface area contributed by atoms with Gasteiger partial charge in [-0.2, -0.15) is 0 Å². The third kappa shape index (κ3) is 5.70. The summed E-state index contributed by atoms with van der Waals surface area (Å²) < 4.78 is 13.5. The Labute approximate surface area is 118 Å². The van der Waals surface area contributed by atoms with Gasteiger partial charge >= 0.3 is 5.97 Å². The van der Waals surface area contributed by atoms with Gasteiger partial charge in [-0.25, -0.2) is 4.39 Å². The van der Waals surface area contributed by atoms with E-state index in [-0.39, 0.29) is 23.1 Å². The summed E-state index contributed by atoms with van der Waals surface area (Å²) in [5, 5.41) is 13.2. The Morgan fingerprint density at radius 1 is 1.25 bits per heavy atom. The van der Waals surface area contributed by atoms with Crippen LogP contribution in [0, 0.1) is 5.82 Å². The lowest BCUT2D eigenvalue weighted by Gasteiger charge is -2.08. The molecule has 0 unspecified atom stereocenters. The summed E-state index contributed by atoms with van der Waals surface area (Å²) in [6.07, 6.45) is 0. The Kier molecular flexibility index (Phi) is 5.98. The number of hydrogen-bond donors (Lipinski definition) is 3. The zero-order chi connectivity index (χ0) is 15.1. The third-order valence-electron chi connectivity index (χ3n) is 2.02. The maximum Gasteiger partial charge on any atom is 0.313 e. The van der Waals surface area contributed by atoms with Gasteiger partial charge in [0.1, 0.15) is 5.82 Å². The molecule has 0 aliphatic carbocycles. The van der Waals surface area contributed by atoms with Crippen molar-refractivity contribution >= 4 is 40.9 Å². The largest absolute Gasteiger partial charge is 0.481 e. The van der Waals surface area contributed by atoms with E-state index in [4.69, 9.17) is 5.11 Å². The first-order valence-corrected chi connectivity index (χ1v) is 6.70. The van der Waals surface area contributed by atoms with Crippen LogP contribution in [0.5, 0.6) is 0 Å². The van der Waals surface area contributed by atoms with Crippen LogP contribution in [-0.2, 0) is 14.4 Å². The number of carbonyl (C=O) groups is 3. The zero-order valence-corrected chi connectivity index (χ0v) is 11.4. The number of carboxylic acid groups (broad SMARTS) is 1. The molecule has 20 heavy (non-hydrogen) atoms. The fourth-order valence-corrected chi connectivity index (χ4v) is 1.85. The van der Waals surface area contributed by atoms with Crippen molar-refractivity contribution in [1.82, 2.24) is 0 Å². The molecule has 0 aliphatic rings. The smallest absolute Gasteiger partial charge is 0.313 e. The molecule has 0 aliphatic heterocycles. The zero-order valence-electron chi connectivity index (χ0n) is 10.6. The summed E-state index contributed by atoms with van der Waals surface area (Å²) in [5.41, 5.74) is 0.282. The summed E-state index contributed by atoms with van der Waals surface area (Å²) in [7, 11) is 0. The molecule has 1 aromatic rings. The molecule has 0 saturated carbocycles. The van der Waals surface area contributed by atoms with Crippen molar-refractivity contribution in [2.75, 3.05) is 22.1 Å². The van der Waals surface area contributed by atoms with Crippen LogP contribution in [0.3, 0.4) is 0 Å². The topological polar surface area (TPSA) is 95.5 Å². The van der Waals surface area contributed by atoms with Crippen molar-refractivity contribution in [2.45, 2.75) is 6.92 Å². The summed E-state index contributed by atoms with van der Waals surface area (Å²) in [5.74, 6) is -2.81. The molecule has 2 amide bonds. The van der Waals surface area contributed by atoms with E-state index in [0.29, 0.717) is 5.69 Å². The van der Waals surface area contributed by atoms with E-state index < -0.39 is 17.7 Å². The third-order valence-corrected chi connectivity index (χ3v) is 2.94. The van der Waals surface area contributed by atoms with Gasteiger partial charge in [0.15, 0.2) is 0 Å². The molecule has 0 spiro atoms. The van der Waals surface area contributed by atoms with Gasteiger partial charge in [0.2, 0.25) is 11.8 Å². The number of aliphatic carboxylic acids is 1. The summed E-state index contributed by atoms with van der Waals surface area (Å²) >= 11 is 0.906. The highest BCUT2D eigenvalue weighted by Gasteiger charge is 2.09. The summed E-state index contributed by atoms with van der Waals surface area (Å²) in [6.45, 7) is 1.31. The maximum absolute atomic E-state index is 13.5. The van der Waals surface area contributed by atoms with Crippen LogP contribution < -0.4 is 10.6 Å². The molecule has 1 aromatic carbocycles. The van der Waals surface area contributed by atoms with Gasteiger partial charge in [0.25, 0.3) is 0 Å². The second-order valence-corrected chi connectivity index (χ2v) is 4.80. The molecule has 0 atom stereocenters. The standard InChI is InChI=1S/C12H13FN2O4S/c1-7(16)14-8-2-3-9(13)10(4-8)15-11(17)5-20-6-12(18)19/h2-4H,5-6H2,1H3,(H,14,16)(H,15,17)(H,18,19). The first kappa shape index (κ1) is 16.0. The van der Waals surface area contributed by atoms with Gasteiger partial charge in [0.05, 0.1) is 17.2 Å². The molecule has 1 rings (SSSR count). The van der Waals surface area contributed by atoms with Gasteiger partial charge in [-0.3, -0.25) is 14.4 Å². The summed E-state index contributed by atoms with van der Waals surface area (Å²) in [6, 6.07) is 3.77. The number of hydrogen-bond acceptors (Lipinski definition) is 4. The highest BCUT2D eigenvalue weighted by atomic mass is 32.2. The molecule has 0 saturated heterocycles. The first-order valence-electron chi connectivity index (χ1n) is 5.55. The monoisotopic (exact) mass is 300 g/mol. The van der Waals surface area contributed by atoms with Gasteiger partial charge in [0, 0.05) is 12.6 Å². The lowest BCUT2D eigenvalue weighted by Crippen LogP contribution is -2.16. The minimum absolute atomic E-state index is 0.0721. The molecule has 6 nitrogen and oxygen atoms in total. The maximum atomic E-state index is 13.5. The predicted octanol–water partition coefficient (Wildman–Crippen LogP) is 1.54. The molecular formula is C12H13FN2O4S. The van der Waals surface area contributed by atoms with Crippen molar-refractivity contribution in [3.05, 3.63) is 24.0 Å². The second-order valence-electron chi connectivity index (χ2n) is 3.81. The van der Waals surface area contributed by atoms with Crippen molar-refractivity contribution in [3.8, 4) is 0 Å². The lowest BCUT2D eigenvalue weighted by molar-refractivity contribution is -0.133. The highest BCUT2D eigenvalue weighted by Crippen LogP contribution is 2.20. The Bertz CT molecular complexity index is 536. The van der Waals surface area contributed by atoms with E-state index in [1.165, 1.54) is 19.1 Å². The normalized spacial score (nSPS) is 9.90. The number of carbonyl (C=O) groups excluding carboxylic acids is 2. The Balaban J connectivity index is 2.63. The lowest BCUT2D eigenvalue weighted by atomic mass is 10.2. The molecule has 108 valence electrons. The predicted molar refractivity (Wildman–Crippen MR) is 74.3 cm³/mol. The molecular weight excluding hydrogens is 287 g/mol. The molecule has 0 fully saturated rings. The number of halogens is 1. The number of anilines is 2. The van der Waals surface area contributed by atoms with E-state index in [1.54, 1.807) is 0 Å². The Morgan fingerprint density at radius 3 is 2.55 bits per heavy atom. The van der Waals surface area contributed by atoms with E-state index in [0.717, 1.165) is 17.8 Å². The fraction of sp³-hybridized carbons (Fsp3) is 0.250. The SMILES string of the molecule is CC(=O)Nc1ccc(F)c(NC(=O)CSCC(=O)O)c1. The quantitative estimate of drug-likeness (QED) is 0.740. The number of benzene rings is 1. The van der Waals surface area contributed by atoms with Crippen molar-refractivity contribution in [3.63, 3.8) is 0 Å². The van der Waals surface area contributed by atoms with Crippen LogP contribution in [0.2, 0.25) is 0 Å². The average molecular weight is 300 g/mol. The molecule has 8 heteroatoms. The molecule has 0 aromatic heterocycles. The van der Waals surface area contributed by atoms with Gasteiger partial charge in [-0.1, -0.05) is 0 Å². The first-order chi connectivity index (χ1) is 9.38. The van der Waals surface area contributed by atoms with Crippen LogP contribution in [-0.4, -0.2) is 34.4 Å². The fourth-order valence-electron chi connectivity index (χ4n) is 1.32. The van der Waals surface area contributed by atoms with Gasteiger partial charge in [-0.15, -0.1) is 11.8 Å². The highest BCUT2D eigenvalue weighted by molar-refractivity contribution is 8.00. The second kappa shape index (κ2) is 7.49. The van der Waals surface area contributed by atoms with Crippen LogP contribution in [0.25, 0.3) is 0 Å². The minimum Gasteiger partial charge on any atom is -0.481 e. The van der Waals surface area contributed by atoms with Crippen LogP contribution in [0.15, 0.2) is 18.2 Å². The van der Waals surface area contributed by atoms with E-state index in [2.05, 4.69) is 10.6 Å². The minimum atomic E-state index is -1.03. The van der Waals surface area contributed by atoms with Crippen LogP contribution >= 0.6 is 11.8 Å². The van der Waals surface area contributed by atoms with E-state index >= 15 is 0 Å². The molecule has 0 bridgehead atoms. The van der Waals surface area contributed by atoms with E-state index in [1.807, 2.05) is 0 Å². The van der Waals surface area contributed by atoms with Crippen LogP contribution in [0.1, 0.15) is 6.92 Å². The van der Waals surface area contributed by atoms with Crippen molar-refractivity contribution in [1.29, 1.82) is 0 Å². The Morgan fingerprint density at radius 2 is 1.95 bits per heavy atom. The van der Waals surface area contributed by atoms with Gasteiger partial charge < -0.3 is 15.7 Å². The number of amides is 2. The number of rotatable bonds is 6. The molecule has 3 N–H and O–H groups in total.